The Labute approximate surface area is 184 Å². The van der Waals surface area contributed by atoms with Crippen LogP contribution in [0, 0.1) is 0 Å². The van der Waals surface area contributed by atoms with Crippen LogP contribution in [0.25, 0.3) is 22.3 Å². The van der Waals surface area contributed by atoms with Crippen LogP contribution in [0.3, 0.4) is 0 Å². The maximum atomic E-state index is 12.8. The van der Waals surface area contributed by atoms with Crippen molar-refractivity contribution >= 4 is 16.9 Å². The highest BCUT2D eigenvalue weighted by molar-refractivity contribution is 5.99. The number of hydrogen-bond acceptors (Lipinski definition) is 5. The van der Waals surface area contributed by atoms with Gasteiger partial charge in [0.2, 0.25) is 0 Å². The molecule has 3 aromatic rings. The van der Waals surface area contributed by atoms with Crippen LogP contribution in [-0.2, 0) is 0 Å². The van der Waals surface area contributed by atoms with Gasteiger partial charge in [-0.3, -0.25) is 14.5 Å². The maximum Gasteiger partial charge on any atom is 0.387 e. The Hall–Kier alpha value is -3.07. The second-order valence-electron chi connectivity index (χ2n) is 8.32. The molecular formula is C23H26F2N4O3. The van der Waals surface area contributed by atoms with Crippen LogP contribution in [0.4, 0.5) is 8.78 Å². The topological polar surface area (TPSA) is 89.3 Å². The summed E-state index contributed by atoms with van der Waals surface area (Å²) in [4.78, 5) is 17.3. The average molecular weight is 444 g/mol. The van der Waals surface area contributed by atoms with E-state index in [0.29, 0.717) is 34.3 Å². The van der Waals surface area contributed by atoms with Gasteiger partial charge < -0.3 is 15.2 Å². The molecule has 170 valence electrons. The van der Waals surface area contributed by atoms with Gasteiger partial charge in [-0.25, -0.2) is 0 Å². The van der Waals surface area contributed by atoms with Gasteiger partial charge in [0.25, 0.3) is 5.91 Å². The van der Waals surface area contributed by atoms with Gasteiger partial charge in [0.05, 0.1) is 23.2 Å². The molecule has 1 aromatic carbocycles. The minimum Gasteiger partial charge on any atom is -0.435 e. The van der Waals surface area contributed by atoms with Crippen LogP contribution in [0.1, 0.15) is 55.9 Å². The third kappa shape index (κ3) is 4.57. The number of aliphatic hydroxyl groups excluding tert-OH is 1. The molecule has 1 aliphatic rings. The lowest BCUT2D eigenvalue weighted by Gasteiger charge is -2.28. The van der Waals surface area contributed by atoms with E-state index in [0.717, 1.165) is 19.3 Å². The molecule has 2 atom stereocenters. The Balaban J connectivity index is 1.69. The minimum atomic E-state index is -2.92. The highest BCUT2D eigenvalue weighted by atomic mass is 19.3. The van der Waals surface area contributed by atoms with Gasteiger partial charge >= 0.3 is 6.61 Å². The number of nitrogens with zero attached hydrogens (tertiary/aromatic N) is 3. The van der Waals surface area contributed by atoms with Gasteiger partial charge in [-0.15, -0.1) is 0 Å². The number of pyridine rings is 1. The van der Waals surface area contributed by atoms with Crippen molar-refractivity contribution in [3.63, 3.8) is 0 Å². The number of alkyl halides is 2. The lowest BCUT2D eigenvalue weighted by Crippen LogP contribution is -2.45. The molecule has 32 heavy (non-hydrogen) atoms. The molecule has 4 rings (SSSR count). The molecule has 1 aliphatic carbocycles. The predicted octanol–water partition coefficient (Wildman–Crippen LogP) is 4.31. The summed E-state index contributed by atoms with van der Waals surface area (Å²) in [5, 5.41) is 17.7. The van der Waals surface area contributed by atoms with E-state index in [1.807, 2.05) is 13.8 Å². The summed E-state index contributed by atoms with van der Waals surface area (Å²) >= 11 is 0. The van der Waals surface area contributed by atoms with Crippen molar-refractivity contribution in [1.29, 1.82) is 0 Å². The first kappa shape index (κ1) is 22.1. The van der Waals surface area contributed by atoms with Crippen molar-refractivity contribution in [3.8, 4) is 17.0 Å². The third-order valence-electron chi connectivity index (χ3n) is 5.68. The second-order valence-corrected chi connectivity index (χ2v) is 8.32. The number of halogens is 2. The van der Waals surface area contributed by atoms with Crippen LogP contribution in [0.2, 0.25) is 0 Å². The molecule has 2 heterocycles. The Morgan fingerprint density at radius 1 is 1.25 bits per heavy atom. The smallest absolute Gasteiger partial charge is 0.387 e. The summed E-state index contributed by atoms with van der Waals surface area (Å²) < 4.78 is 31.5. The molecule has 1 amide bonds. The van der Waals surface area contributed by atoms with Crippen LogP contribution in [-0.4, -0.2) is 44.5 Å². The van der Waals surface area contributed by atoms with E-state index < -0.39 is 12.7 Å². The third-order valence-corrected chi connectivity index (χ3v) is 5.68. The maximum absolute atomic E-state index is 12.8. The van der Waals surface area contributed by atoms with E-state index in [1.165, 1.54) is 18.3 Å². The SMILES string of the molecule is CC(C)n1nc(-c2cccc(OC(F)F)c2)c2ncc(C(=O)N[C@H]3CCCC[C@@H]3O)cc21. The standard InChI is InChI=1S/C23H26F2N4O3/c1-13(2)29-18-11-15(22(31)27-17-8-3-4-9-19(17)30)12-26-21(18)20(28-29)14-6-5-7-16(10-14)32-23(24)25/h5-7,10-13,17,19,23,30H,3-4,8-9H2,1-2H3,(H,27,31)/t17-,19-/m0/s1. The molecule has 0 unspecified atom stereocenters. The fourth-order valence-corrected chi connectivity index (χ4v) is 4.08. The lowest BCUT2D eigenvalue weighted by atomic mass is 9.92. The summed E-state index contributed by atoms with van der Waals surface area (Å²) in [7, 11) is 0. The van der Waals surface area contributed by atoms with Crippen molar-refractivity contribution in [2.24, 2.45) is 0 Å². The minimum absolute atomic E-state index is 0.0213. The second kappa shape index (κ2) is 9.20. The van der Waals surface area contributed by atoms with Crippen LogP contribution in [0.15, 0.2) is 36.5 Å². The molecule has 0 saturated heterocycles. The normalized spacial score (nSPS) is 19.0. The van der Waals surface area contributed by atoms with Gasteiger partial charge in [0.15, 0.2) is 0 Å². The zero-order chi connectivity index (χ0) is 22.8. The molecule has 0 bridgehead atoms. The fraction of sp³-hybridized carbons (Fsp3) is 0.435. The Morgan fingerprint density at radius 3 is 2.75 bits per heavy atom. The van der Waals surface area contributed by atoms with E-state index in [2.05, 4.69) is 20.1 Å². The zero-order valence-electron chi connectivity index (χ0n) is 18.0. The summed E-state index contributed by atoms with van der Waals surface area (Å²) in [5.41, 5.74) is 2.69. The number of hydrogen-bond donors (Lipinski definition) is 2. The number of nitrogens with one attached hydrogen (secondary N) is 1. The largest absolute Gasteiger partial charge is 0.435 e. The van der Waals surface area contributed by atoms with Gasteiger partial charge in [0.1, 0.15) is 17.0 Å². The average Bonchev–Trinajstić information content (AvgIpc) is 3.14. The first-order valence-corrected chi connectivity index (χ1v) is 10.8. The van der Waals surface area contributed by atoms with Crippen molar-refractivity contribution in [1.82, 2.24) is 20.1 Å². The fourth-order valence-electron chi connectivity index (χ4n) is 4.08. The number of benzene rings is 1. The molecule has 0 radical (unpaired) electrons. The van der Waals surface area contributed by atoms with E-state index in [1.54, 1.807) is 22.9 Å². The highest BCUT2D eigenvalue weighted by Crippen LogP contribution is 2.31. The Morgan fingerprint density at radius 2 is 2.03 bits per heavy atom. The van der Waals surface area contributed by atoms with E-state index >= 15 is 0 Å². The predicted molar refractivity (Wildman–Crippen MR) is 116 cm³/mol. The van der Waals surface area contributed by atoms with Crippen molar-refractivity contribution in [2.75, 3.05) is 0 Å². The molecule has 2 N–H and O–H groups in total. The number of carbonyl (C=O) groups is 1. The van der Waals surface area contributed by atoms with Gasteiger partial charge in [0, 0.05) is 17.8 Å². The summed E-state index contributed by atoms with van der Waals surface area (Å²) in [6.45, 7) is 0.993. The van der Waals surface area contributed by atoms with Crippen LogP contribution < -0.4 is 10.1 Å². The molecule has 7 nitrogen and oxygen atoms in total. The molecule has 0 aliphatic heterocycles. The zero-order valence-corrected chi connectivity index (χ0v) is 18.0. The van der Waals surface area contributed by atoms with Gasteiger partial charge in [-0.2, -0.15) is 13.9 Å². The number of fused-ring (bicyclic) bond motifs is 1. The van der Waals surface area contributed by atoms with Crippen molar-refractivity contribution < 1.29 is 23.4 Å². The molecule has 9 heteroatoms. The van der Waals surface area contributed by atoms with Crippen LogP contribution >= 0.6 is 0 Å². The highest BCUT2D eigenvalue weighted by Gasteiger charge is 2.26. The summed E-state index contributed by atoms with van der Waals surface area (Å²) in [6.07, 6.45) is 4.29. The molecular weight excluding hydrogens is 418 g/mol. The quantitative estimate of drug-likeness (QED) is 0.591. The van der Waals surface area contributed by atoms with E-state index in [-0.39, 0.29) is 23.7 Å². The first-order valence-electron chi connectivity index (χ1n) is 10.8. The van der Waals surface area contributed by atoms with E-state index in [9.17, 15) is 18.7 Å². The number of aliphatic hydroxyl groups is 1. The molecule has 0 spiro atoms. The van der Waals surface area contributed by atoms with Gasteiger partial charge in [-0.05, 0) is 44.9 Å². The Bertz CT molecular complexity index is 1120. The van der Waals surface area contributed by atoms with Crippen molar-refractivity contribution in [3.05, 3.63) is 42.1 Å². The van der Waals surface area contributed by atoms with Crippen LogP contribution in [0.5, 0.6) is 5.75 Å². The monoisotopic (exact) mass is 444 g/mol. The molecule has 1 fully saturated rings. The van der Waals surface area contributed by atoms with Gasteiger partial charge in [-0.1, -0.05) is 25.0 Å². The number of aromatic nitrogens is 3. The Kier molecular flexibility index (Phi) is 6.36. The molecule has 2 aromatic heterocycles. The van der Waals surface area contributed by atoms with E-state index in [4.69, 9.17) is 0 Å². The lowest BCUT2D eigenvalue weighted by molar-refractivity contribution is -0.0498. The first-order chi connectivity index (χ1) is 15.3. The number of ether oxygens (including phenoxy) is 1. The summed E-state index contributed by atoms with van der Waals surface area (Å²) in [6, 6.07) is 7.74. The van der Waals surface area contributed by atoms with Crippen molar-refractivity contribution in [2.45, 2.75) is 64.3 Å². The number of carbonyl (C=O) groups excluding carboxylic acids is 1. The molecule has 1 saturated carbocycles. The number of rotatable bonds is 6. The number of amides is 1. The summed E-state index contributed by atoms with van der Waals surface area (Å²) in [5.74, 6) is -0.262.